The van der Waals surface area contributed by atoms with Gasteiger partial charge in [0.15, 0.2) is 0 Å². The van der Waals surface area contributed by atoms with E-state index in [0.717, 1.165) is 64.6 Å². The lowest BCUT2D eigenvalue weighted by Crippen LogP contribution is -2.25. The van der Waals surface area contributed by atoms with Gasteiger partial charge in [-0.2, -0.15) is 0 Å². The first kappa shape index (κ1) is 21.8. The molecule has 1 amide bonds. The number of thioether (sulfide) groups is 2. The molecule has 0 saturated carbocycles. The van der Waals surface area contributed by atoms with Gasteiger partial charge in [0.25, 0.3) is 5.91 Å². The number of anilines is 1. The Morgan fingerprint density at radius 2 is 2.07 bits per heavy atom. The minimum absolute atomic E-state index is 0.0353. The van der Waals surface area contributed by atoms with Crippen LogP contribution in [0.1, 0.15) is 56.1 Å². The first-order chi connectivity index (χ1) is 14.5. The van der Waals surface area contributed by atoms with Gasteiger partial charge in [0, 0.05) is 33.0 Å². The van der Waals surface area contributed by atoms with Crippen molar-refractivity contribution in [3.05, 3.63) is 51.7 Å². The summed E-state index contributed by atoms with van der Waals surface area (Å²) in [7, 11) is 0. The fourth-order valence-electron chi connectivity index (χ4n) is 4.20. The van der Waals surface area contributed by atoms with Crippen molar-refractivity contribution in [3.8, 4) is 0 Å². The van der Waals surface area contributed by atoms with E-state index in [1.807, 2.05) is 41.7 Å². The van der Waals surface area contributed by atoms with E-state index < -0.39 is 0 Å². The van der Waals surface area contributed by atoms with Crippen molar-refractivity contribution >= 4 is 52.7 Å². The normalized spacial score (nSPS) is 25.2. The zero-order chi connectivity index (χ0) is 21.3. The molecule has 160 valence electrons. The molecule has 4 rings (SSSR count). The summed E-state index contributed by atoms with van der Waals surface area (Å²) in [6.07, 6.45) is 5.79. The first-order valence-corrected chi connectivity index (χ1v) is 12.9. The summed E-state index contributed by atoms with van der Waals surface area (Å²) in [6.45, 7) is 4.38. The van der Waals surface area contributed by atoms with Crippen LogP contribution in [0, 0.1) is 0 Å². The zero-order valence-corrected chi connectivity index (χ0v) is 19.7. The summed E-state index contributed by atoms with van der Waals surface area (Å²) in [5, 5.41) is 1.32. The van der Waals surface area contributed by atoms with Crippen molar-refractivity contribution in [2.75, 3.05) is 17.3 Å². The van der Waals surface area contributed by atoms with Gasteiger partial charge in [-0.1, -0.05) is 18.5 Å². The largest absolute Gasteiger partial charge is 0.466 e. The number of ether oxygens (including phenoxy) is 1. The Labute approximate surface area is 191 Å². The van der Waals surface area contributed by atoms with E-state index in [1.54, 1.807) is 11.8 Å². The van der Waals surface area contributed by atoms with Gasteiger partial charge in [-0.15, -0.1) is 23.5 Å². The number of esters is 1. The van der Waals surface area contributed by atoms with Gasteiger partial charge in [0.1, 0.15) is 0 Å². The standard InChI is InChI=1S/C23H26ClNO3S2/c1-3-28-21(26)11-10-20-16-6-4-5-7-17(16)22(27)25(20)15-8-9-19(24)18(12-15)23-29-13-14(2)30-23/h8-10,12,14,23H,3-7,11,13H2,1-2H3. The molecule has 3 aliphatic rings. The highest BCUT2D eigenvalue weighted by Gasteiger charge is 2.37. The van der Waals surface area contributed by atoms with Crippen LogP contribution in [0.3, 0.4) is 0 Å². The van der Waals surface area contributed by atoms with Gasteiger partial charge in [0.05, 0.1) is 17.6 Å². The molecule has 2 atom stereocenters. The fourth-order valence-corrected chi connectivity index (χ4v) is 7.81. The maximum atomic E-state index is 13.4. The van der Waals surface area contributed by atoms with Crippen LogP contribution >= 0.6 is 35.1 Å². The van der Waals surface area contributed by atoms with E-state index >= 15 is 0 Å². The van der Waals surface area contributed by atoms with Gasteiger partial charge in [0.2, 0.25) is 0 Å². The summed E-state index contributed by atoms with van der Waals surface area (Å²) in [5.41, 5.74) is 4.72. The first-order valence-electron chi connectivity index (χ1n) is 10.5. The SMILES string of the molecule is CCOC(=O)CC=C1C2=C(CCCC2)C(=O)N1c1ccc(Cl)c(C2SCC(C)S2)c1. The third-order valence-electron chi connectivity index (χ3n) is 5.58. The lowest BCUT2D eigenvalue weighted by molar-refractivity contribution is -0.142. The lowest BCUT2D eigenvalue weighted by Gasteiger charge is -2.22. The van der Waals surface area contributed by atoms with Crippen LogP contribution in [0.4, 0.5) is 5.69 Å². The smallest absolute Gasteiger partial charge is 0.309 e. The molecule has 1 saturated heterocycles. The number of hydrogen-bond acceptors (Lipinski definition) is 5. The monoisotopic (exact) mass is 463 g/mol. The van der Waals surface area contributed by atoms with Crippen molar-refractivity contribution in [1.82, 2.24) is 0 Å². The topological polar surface area (TPSA) is 46.6 Å². The van der Waals surface area contributed by atoms with Gasteiger partial charge < -0.3 is 4.74 Å². The molecule has 2 aliphatic heterocycles. The average molecular weight is 464 g/mol. The van der Waals surface area contributed by atoms with Gasteiger partial charge in [-0.25, -0.2) is 0 Å². The molecule has 1 fully saturated rings. The van der Waals surface area contributed by atoms with Gasteiger partial charge in [-0.3, -0.25) is 14.5 Å². The number of carbonyl (C=O) groups is 2. The van der Waals surface area contributed by atoms with Crippen molar-refractivity contribution in [2.45, 2.75) is 55.8 Å². The minimum Gasteiger partial charge on any atom is -0.466 e. The number of benzene rings is 1. The molecule has 0 aromatic heterocycles. The van der Waals surface area contributed by atoms with E-state index in [-0.39, 0.29) is 22.9 Å². The Bertz CT molecular complexity index is 927. The third-order valence-corrected chi connectivity index (χ3v) is 9.25. The molecule has 2 unspecified atom stereocenters. The number of hydrogen-bond donors (Lipinski definition) is 0. The maximum absolute atomic E-state index is 13.4. The molecule has 0 N–H and O–H groups in total. The molecule has 7 heteroatoms. The molecule has 4 nitrogen and oxygen atoms in total. The predicted molar refractivity (Wildman–Crippen MR) is 126 cm³/mol. The predicted octanol–water partition coefficient (Wildman–Crippen LogP) is 6.26. The Hall–Kier alpha value is -1.37. The zero-order valence-electron chi connectivity index (χ0n) is 17.3. The van der Waals surface area contributed by atoms with Crippen molar-refractivity contribution in [1.29, 1.82) is 0 Å². The van der Waals surface area contributed by atoms with E-state index in [0.29, 0.717) is 11.9 Å². The number of rotatable bonds is 5. The van der Waals surface area contributed by atoms with E-state index in [4.69, 9.17) is 16.3 Å². The van der Waals surface area contributed by atoms with Crippen molar-refractivity contribution in [3.63, 3.8) is 0 Å². The minimum atomic E-state index is -0.271. The average Bonchev–Trinajstić information content (AvgIpc) is 3.29. The van der Waals surface area contributed by atoms with Crippen LogP contribution in [-0.4, -0.2) is 29.5 Å². The van der Waals surface area contributed by atoms with E-state index in [9.17, 15) is 9.59 Å². The molecule has 1 aromatic rings. The van der Waals surface area contributed by atoms with Crippen molar-refractivity contribution in [2.24, 2.45) is 0 Å². The van der Waals surface area contributed by atoms with Crippen LogP contribution in [-0.2, 0) is 14.3 Å². The Kier molecular flexibility index (Phi) is 6.85. The van der Waals surface area contributed by atoms with E-state index in [2.05, 4.69) is 13.0 Å². The highest BCUT2D eigenvalue weighted by molar-refractivity contribution is 8.19. The molecule has 0 spiro atoms. The van der Waals surface area contributed by atoms with Gasteiger partial charge >= 0.3 is 5.97 Å². The van der Waals surface area contributed by atoms with Crippen molar-refractivity contribution < 1.29 is 14.3 Å². The molecular weight excluding hydrogens is 438 g/mol. The molecule has 30 heavy (non-hydrogen) atoms. The number of allylic oxidation sites excluding steroid dienone is 1. The number of nitrogens with zero attached hydrogens (tertiary/aromatic N) is 1. The summed E-state index contributed by atoms with van der Waals surface area (Å²) in [6, 6.07) is 5.86. The molecule has 2 heterocycles. The Balaban J connectivity index is 1.70. The van der Waals surface area contributed by atoms with Crippen LogP contribution in [0.2, 0.25) is 5.02 Å². The van der Waals surface area contributed by atoms with Crippen LogP contribution in [0.15, 0.2) is 41.1 Å². The Morgan fingerprint density at radius 1 is 1.30 bits per heavy atom. The highest BCUT2D eigenvalue weighted by Crippen LogP contribution is 2.52. The molecule has 1 aliphatic carbocycles. The lowest BCUT2D eigenvalue weighted by atomic mass is 9.92. The second kappa shape index (κ2) is 9.41. The fraction of sp³-hybridized carbons (Fsp3) is 0.478. The Morgan fingerprint density at radius 3 is 2.77 bits per heavy atom. The summed E-state index contributed by atoms with van der Waals surface area (Å²) < 4.78 is 5.37. The highest BCUT2D eigenvalue weighted by atomic mass is 35.5. The maximum Gasteiger partial charge on any atom is 0.309 e. The van der Waals surface area contributed by atoms with Crippen LogP contribution < -0.4 is 4.90 Å². The van der Waals surface area contributed by atoms with Crippen LogP contribution in [0.25, 0.3) is 0 Å². The summed E-state index contributed by atoms with van der Waals surface area (Å²) in [5.74, 6) is 0.860. The van der Waals surface area contributed by atoms with Crippen LogP contribution in [0.5, 0.6) is 0 Å². The third kappa shape index (κ3) is 4.32. The molecule has 1 aromatic carbocycles. The molecule has 0 radical (unpaired) electrons. The number of halogens is 1. The number of carbonyl (C=O) groups excluding carboxylic acids is 2. The summed E-state index contributed by atoms with van der Waals surface area (Å²) >= 11 is 10.4. The van der Waals surface area contributed by atoms with Gasteiger partial charge in [-0.05, 0) is 68.0 Å². The van der Waals surface area contributed by atoms with E-state index in [1.165, 1.54) is 0 Å². The summed E-state index contributed by atoms with van der Waals surface area (Å²) in [4.78, 5) is 27.1. The quantitative estimate of drug-likeness (QED) is 0.482. The second-order valence-electron chi connectivity index (χ2n) is 7.72. The molecule has 0 bridgehead atoms. The second-order valence-corrected chi connectivity index (χ2v) is 11.1. The molecular formula is C23H26ClNO3S2. The number of amides is 1.